The zero-order chi connectivity index (χ0) is 10.4. The lowest BCUT2D eigenvalue weighted by atomic mass is 10.2. The summed E-state index contributed by atoms with van der Waals surface area (Å²) in [4.78, 5) is 13.3. The number of carbonyl (C=O) groups excluding carboxylic acids is 1. The monoisotopic (exact) mass is 201 g/mol. The second-order valence-electron chi connectivity index (χ2n) is 3.57. The minimum Gasteiger partial charge on any atom is -0.380 e. The number of nitrogens with two attached hydrogens (primary N) is 1. The Hall–Kier alpha value is -0.650. The van der Waals surface area contributed by atoms with Crippen molar-refractivity contribution in [3.8, 4) is 0 Å². The molecule has 5 heteroatoms. The number of nitrogens with zero attached hydrogens (tertiary/aromatic N) is 1. The van der Waals surface area contributed by atoms with Crippen molar-refractivity contribution in [2.45, 2.75) is 12.5 Å². The van der Waals surface area contributed by atoms with Gasteiger partial charge in [0.2, 0.25) is 5.91 Å². The number of rotatable bonds is 5. The van der Waals surface area contributed by atoms with Crippen molar-refractivity contribution in [2.24, 2.45) is 5.73 Å². The van der Waals surface area contributed by atoms with Gasteiger partial charge in [-0.2, -0.15) is 0 Å². The fraction of sp³-hybridized carbons (Fsp3) is 0.889. The first kappa shape index (κ1) is 11.4. The molecule has 1 fully saturated rings. The van der Waals surface area contributed by atoms with E-state index in [4.69, 9.17) is 10.5 Å². The summed E-state index contributed by atoms with van der Waals surface area (Å²) in [6, 6.07) is 0.388. The average molecular weight is 201 g/mol. The molecule has 0 radical (unpaired) electrons. The van der Waals surface area contributed by atoms with Crippen molar-refractivity contribution < 1.29 is 9.53 Å². The van der Waals surface area contributed by atoms with Crippen LogP contribution >= 0.6 is 0 Å². The summed E-state index contributed by atoms with van der Waals surface area (Å²) in [5, 5.41) is 2.74. The Kier molecular flexibility index (Phi) is 4.86. The molecule has 0 aromatic carbocycles. The quantitative estimate of drug-likeness (QED) is 0.585. The molecule has 1 atom stereocenters. The predicted molar refractivity (Wildman–Crippen MR) is 53.9 cm³/mol. The molecule has 1 saturated heterocycles. The molecule has 0 saturated carbocycles. The lowest BCUT2D eigenvalue weighted by Crippen LogP contribution is -2.42. The molecular weight excluding hydrogens is 182 g/mol. The maximum atomic E-state index is 11.3. The van der Waals surface area contributed by atoms with Gasteiger partial charge in [0.25, 0.3) is 0 Å². The van der Waals surface area contributed by atoms with Crippen molar-refractivity contribution in [2.75, 3.05) is 39.9 Å². The molecular formula is C9H19N3O2. The lowest BCUT2D eigenvalue weighted by Gasteiger charge is -2.21. The molecule has 1 heterocycles. The zero-order valence-electron chi connectivity index (χ0n) is 8.66. The summed E-state index contributed by atoms with van der Waals surface area (Å²) < 4.78 is 5.25. The van der Waals surface area contributed by atoms with E-state index >= 15 is 0 Å². The molecule has 0 bridgehead atoms. The van der Waals surface area contributed by atoms with Crippen molar-refractivity contribution in [1.82, 2.24) is 10.2 Å². The molecule has 3 N–H and O–H groups in total. The smallest absolute Gasteiger partial charge is 0.234 e. The topological polar surface area (TPSA) is 67.6 Å². The van der Waals surface area contributed by atoms with Gasteiger partial charge in [0.15, 0.2) is 0 Å². The number of hydrogen-bond acceptors (Lipinski definition) is 4. The van der Waals surface area contributed by atoms with Gasteiger partial charge in [-0.15, -0.1) is 0 Å². The molecule has 1 unspecified atom stereocenters. The van der Waals surface area contributed by atoms with Crippen molar-refractivity contribution >= 4 is 5.91 Å². The van der Waals surface area contributed by atoms with Gasteiger partial charge in [-0.05, 0) is 13.5 Å². The van der Waals surface area contributed by atoms with Crippen LogP contribution in [0.4, 0.5) is 0 Å². The standard InChI is InChI=1S/C9H19N3O2/c1-12(8-2-5-14-7-8)6-9(13)11-4-3-10/h8H,2-7,10H2,1H3,(H,11,13). The molecule has 1 rings (SSSR count). The highest BCUT2D eigenvalue weighted by Crippen LogP contribution is 2.09. The highest BCUT2D eigenvalue weighted by atomic mass is 16.5. The molecule has 0 aliphatic carbocycles. The number of nitrogens with one attached hydrogen (secondary N) is 1. The van der Waals surface area contributed by atoms with Crippen molar-refractivity contribution in [3.63, 3.8) is 0 Å². The van der Waals surface area contributed by atoms with Crippen molar-refractivity contribution in [3.05, 3.63) is 0 Å². The molecule has 1 aliphatic rings. The van der Waals surface area contributed by atoms with Gasteiger partial charge in [-0.1, -0.05) is 0 Å². The number of hydrogen-bond donors (Lipinski definition) is 2. The summed E-state index contributed by atoms with van der Waals surface area (Å²) in [6.45, 7) is 3.00. The molecule has 0 aromatic rings. The van der Waals surface area contributed by atoms with Gasteiger partial charge >= 0.3 is 0 Å². The van der Waals surface area contributed by atoms with E-state index in [0.717, 1.165) is 19.6 Å². The van der Waals surface area contributed by atoms with Crippen LogP contribution in [-0.2, 0) is 9.53 Å². The maximum Gasteiger partial charge on any atom is 0.234 e. The summed E-state index contributed by atoms with van der Waals surface area (Å²) in [5.74, 6) is 0.0323. The Labute approximate surface area is 84.6 Å². The largest absolute Gasteiger partial charge is 0.380 e. The Morgan fingerprint density at radius 2 is 2.50 bits per heavy atom. The second-order valence-corrected chi connectivity index (χ2v) is 3.57. The van der Waals surface area contributed by atoms with Crippen LogP contribution in [0, 0.1) is 0 Å². The number of likely N-dealkylation sites (N-methyl/N-ethyl adjacent to an activating group) is 1. The minimum atomic E-state index is 0.0323. The van der Waals surface area contributed by atoms with Crippen LogP contribution in [0.15, 0.2) is 0 Å². The third-order valence-corrected chi connectivity index (χ3v) is 2.39. The summed E-state index contributed by atoms with van der Waals surface area (Å²) in [7, 11) is 1.95. The normalized spacial score (nSPS) is 21.5. The SMILES string of the molecule is CN(CC(=O)NCCN)C1CCOC1. The summed E-state index contributed by atoms with van der Waals surface area (Å²) in [6.07, 6.45) is 1.01. The van der Waals surface area contributed by atoms with Gasteiger partial charge in [-0.25, -0.2) is 0 Å². The summed E-state index contributed by atoms with van der Waals surface area (Å²) in [5.41, 5.74) is 5.28. The molecule has 1 aliphatic heterocycles. The van der Waals surface area contributed by atoms with Crippen LogP contribution in [-0.4, -0.2) is 56.7 Å². The van der Waals surface area contributed by atoms with E-state index in [1.165, 1.54) is 0 Å². The fourth-order valence-corrected chi connectivity index (χ4v) is 1.49. The lowest BCUT2D eigenvalue weighted by molar-refractivity contribution is -0.122. The van der Waals surface area contributed by atoms with Crippen LogP contribution in [0.5, 0.6) is 0 Å². The first-order valence-electron chi connectivity index (χ1n) is 4.98. The van der Waals surface area contributed by atoms with Crippen LogP contribution < -0.4 is 11.1 Å². The van der Waals surface area contributed by atoms with E-state index in [1.54, 1.807) is 0 Å². The van der Waals surface area contributed by atoms with Crippen LogP contribution in [0.25, 0.3) is 0 Å². The molecule has 5 nitrogen and oxygen atoms in total. The van der Waals surface area contributed by atoms with E-state index in [0.29, 0.717) is 25.7 Å². The molecule has 14 heavy (non-hydrogen) atoms. The van der Waals surface area contributed by atoms with Gasteiger partial charge in [-0.3, -0.25) is 9.69 Å². The third kappa shape index (κ3) is 3.61. The molecule has 0 spiro atoms. The number of amides is 1. The van der Waals surface area contributed by atoms with Crippen LogP contribution in [0.3, 0.4) is 0 Å². The van der Waals surface area contributed by atoms with Gasteiger partial charge in [0.1, 0.15) is 0 Å². The molecule has 82 valence electrons. The summed E-state index contributed by atoms with van der Waals surface area (Å²) >= 11 is 0. The van der Waals surface area contributed by atoms with Crippen molar-refractivity contribution in [1.29, 1.82) is 0 Å². The number of carbonyl (C=O) groups is 1. The van der Waals surface area contributed by atoms with Gasteiger partial charge in [0, 0.05) is 25.7 Å². The van der Waals surface area contributed by atoms with E-state index < -0.39 is 0 Å². The predicted octanol–water partition coefficient (Wildman–Crippen LogP) is -1.22. The Bertz CT molecular complexity index is 181. The van der Waals surface area contributed by atoms with E-state index in [1.807, 2.05) is 11.9 Å². The second kappa shape index (κ2) is 5.95. The van der Waals surface area contributed by atoms with Crippen LogP contribution in [0.2, 0.25) is 0 Å². The highest BCUT2D eigenvalue weighted by molar-refractivity contribution is 5.77. The van der Waals surface area contributed by atoms with Gasteiger partial charge in [0.05, 0.1) is 13.2 Å². The van der Waals surface area contributed by atoms with Gasteiger partial charge < -0.3 is 15.8 Å². The van der Waals surface area contributed by atoms with E-state index in [-0.39, 0.29) is 5.91 Å². The van der Waals surface area contributed by atoms with Crippen LogP contribution in [0.1, 0.15) is 6.42 Å². The first-order chi connectivity index (χ1) is 6.74. The molecule has 1 amide bonds. The maximum absolute atomic E-state index is 11.3. The molecule has 0 aromatic heterocycles. The average Bonchev–Trinajstić information content (AvgIpc) is 2.67. The fourth-order valence-electron chi connectivity index (χ4n) is 1.49. The number of ether oxygens (including phenoxy) is 1. The Balaban J connectivity index is 2.18. The highest BCUT2D eigenvalue weighted by Gasteiger charge is 2.21. The zero-order valence-corrected chi connectivity index (χ0v) is 8.66. The minimum absolute atomic E-state index is 0.0323. The van der Waals surface area contributed by atoms with E-state index in [9.17, 15) is 4.79 Å². The third-order valence-electron chi connectivity index (χ3n) is 2.39. The first-order valence-corrected chi connectivity index (χ1v) is 4.98. The Morgan fingerprint density at radius 1 is 1.71 bits per heavy atom. The van der Waals surface area contributed by atoms with E-state index in [2.05, 4.69) is 5.32 Å². The Morgan fingerprint density at radius 3 is 3.07 bits per heavy atom.